The minimum atomic E-state index is 0.0932. The summed E-state index contributed by atoms with van der Waals surface area (Å²) in [6.07, 6.45) is 0. The van der Waals surface area contributed by atoms with Gasteiger partial charge in [-0.2, -0.15) is 4.98 Å². The molecular weight excluding hydrogens is 390 g/mol. The van der Waals surface area contributed by atoms with E-state index in [4.69, 9.17) is 9.72 Å². The number of piperazine rings is 1. The zero-order valence-electron chi connectivity index (χ0n) is 17.8. The number of aromatic nitrogens is 2. The molecule has 0 saturated carbocycles. The number of hydrogen-bond donors (Lipinski definition) is 0. The van der Waals surface area contributed by atoms with Gasteiger partial charge in [0.05, 0.1) is 13.2 Å². The molecule has 7 heteroatoms. The van der Waals surface area contributed by atoms with Crippen LogP contribution in [0.5, 0.6) is 0 Å². The van der Waals surface area contributed by atoms with Gasteiger partial charge in [0.25, 0.3) is 5.91 Å². The predicted molar refractivity (Wildman–Crippen MR) is 122 cm³/mol. The average Bonchev–Trinajstić information content (AvgIpc) is 2.83. The van der Waals surface area contributed by atoms with Crippen molar-refractivity contribution in [1.82, 2.24) is 14.9 Å². The van der Waals surface area contributed by atoms with Crippen LogP contribution in [0.25, 0.3) is 10.8 Å². The first-order chi connectivity index (χ1) is 15.2. The number of benzene rings is 2. The first-order valence-electron chi connectivity index (χ1n) is 10.9. The van der Waals surface area contributed by atoms with Crippen LogP contribution in [-0.4, -0.2) is 73.3 Å². The summed E-state index contributed by atoms with van der Waals surface area (Å²) in [5.74, 6) is 1.80. The number of morpholine rings is 1. The quantitative estimate of drug-likeness (QED) is 0.653. The van der Waals surface area contributed by atoms with E-state index in [1.807, 2.05) is 60.4 Å². The SMILES string of the molecule is Cc1cc(N2CCOCC2)nc(N2CCN(C(=O)c3cccc4ccccc34)CC2)n1. The predicted octanol–water partition coefficient (Wildman–Crippen LogP) is 2.74. The lowest BCUT2D eigenvalue weighted by Crippen LogP contribution is -2.49. The van der Waals surface area contributed by atoms with Crippen LogP contribution in [0.3, 0.4) is 0 Å². The Kier molecular flexibility index (Phi) is 5.42. The number of carbonyl (C=O) groups excluding carboxylic acids is 1. The zero-order valence-corrected chi connectivity index (χ0v) is 17.8. The largest absolute Gasteiger partial charge is 0.378 e. The van der Waals surface area contributed by atoms with E-state index in [1.165, 1.54) is 0 Å². The van der Waals surface area contributed by atoms with E-state index in [9.17, 15) is 4.79 Å². The van der Waals surface area contributed by atoms with E-state index >= 15 is 0 Å². The van der Waals surface area contributed by atoms with Crippen molar-refractivity contribution in [2.24, 2.45) is 0 Å². The van der Waals surface area contributed by atoms with Gasteiger partial charge in [0.2, 0.25) is 5.95 Å². The molecule has 0 radical (unpaired) electrons. The Labute approximate surface area is 182 Å². The lowest BCUT2D eigenvalue weighted by atomic mass is 10.0. The fourth-order valence-corrected chi connectivity index (χ4v) is 4.32. The van der Waals surface area contributed by atoms with Crippen LogP contribution in [0, 0.1) is 6.92 Å². The topological polar surface area (TPSA) is 61.8 Å². The minimum absolute atomic E-state index is 0.0932. The normalized spacial score (nSPS) is 17.3. The third kappa shape index (κ3) is 4.05. The number of ether oxygens (including phenoxy) is 1. The second-order valence-electron chi connectivity index (χ2n) is 8.07. The van der Waals surface area contributed by atoms with E-state index < -0.39 is 0 Å². The van der Waals surface area contributed by atoms with Crippen LogP contribution < -0.4 is 9.80 Å². The Morgan fingerprint density at radius 2 is 1.61 bits per heavy atom. The fourth-order valence-electron chi connectivity index (χ4n) is 4.32. The number of nitrogens with zero attached hydrogens (tertiary/aromatic N) is 5. The smallest absolute Gasteiger partial charge is 0.254 e. The van der Waals surface area contributed by atoms with Crippen LogP contribution in [-0.2, 0) is 4.74 Å². The summed E-state index contributed by atoms with van der Waals surface area (Å²) < 4.78 is 5.46. The molecule has 2 fully saturated rings. The summed E-state index contributed by atoms with van der Waals surface area (Å²) in [5, 5.41) is 2.10. The molecule has 3 heterocycles. The van der Waals surface area contributed by atoms with Gasteiger partial charge in [0, 0.05) is 56.6 Å². The highest BCUT2D eigenvalue weighted by Crippen LogP contribution is 2.23. The van der Waals surface area contributed by atoms with E-state index in [1.54, 1.807) is 0 Å². The third-order valence-electron chi connectivity index (χ3n) is 6.03. The molecule has 31 heavy (non-hydrogen) atoms. The Hall–Kier alpha value is -3.19. The first-order valence-corrected chi connectivity index (χ1v) is 10.9. The Balaban J connectivity index is 1.30. The van der Waals surface area contributed by atoms with Crippen molar-refractivity contribution < 1.29 is 9.53 Å². The molecule has 3 aromatic rings. The van der Waals surface area contributed by atoms with E-state index in [0.29, 0.717) is 13.1 Å². The molecule has 5 rings (SSSR count). The number of amides is 1. The molecule has 0 atom stereocenters. The summed E-state index contributed by atoms with van der Waals surface area (Å²) in [5.41, 5.74) is 1.73. The van der Waals surface area contributed by atoms with Gasteiger partial charge in [-0.1, -0.05) is 36.4 Å². The number of fused-ring (bicyclic) bond motifs is 1. The minimum Gasteiger partial charge on any atom is -0.378 e. The second-order valence-corrected chi connectivity index (χ2v) is 8.07. The number of anilines is 2. The number of rotatable bonds is 3. The zero-order chi connectivity index (χ0) is 21.2. The Morgan fingerprint density at radius 3 is 2.42 bits per heavy atom. The molecule has 2 saturated heterocycles. The number of aryl methyl sites for hydroxylation is 1. The maximum Gasteiger partial charge on any atom is 0.254 e. The van der Waals surface area contributed by atoms with Crippen molar-refractivity contribution in [1.29, 1.82) is 0 Å². The van der Waals surface area contributed by atoms with Crippen LogP contribution in [0.2, 0.25) is 0 Å². The van der Waals surface area contributed by atoms with Gasteiger partial charge in [-0.15, -0.1) is 0 Å². The van der Waals surface area contributed by atoms with Gasteiger partial charge in [0.1, 0.15) is 5.82 Å². The average molecular weight is 418 g/mol. The van der Waals surface area contributed by atoms with E-state index in [0.717, 1.165) is 73.2 Å². The molecule has 0 bridgehead atoms. The monoisotopic (exact) mass is 417 g/mol. The number of carbonyl (C=O) groups is 1. The molecule has 2 aromatic carbocycles. The molecule has 1 aromatic heterocycles. The summed E-state index contributed by atoms with van der Waals surface area (Å²) >= 11 is 0. The molecule has 7 nitrogen and oxygen atoms in total. The lowest BCUT2D eigenvalue weighted by molar-refractivity contribution is 0.0748. The van der Waals surface area contributed by atoms with Gasteiger partial charge in [-0.3, -0.25) is 4.79 Å². The molecule has 160 valence electrons. The summed E-state index contributed by atoms with van der Waals surface area (Å²) in [4.78, 5) is 29.1. The summed E-state index contributed by atoms with van der Waals surface area (Å²) in [7, 11) is 0. The molecule has 2 aliphatic heterocycles. The lowest BCUT2D eigenvalue weighted by Gasteiger charge is -2.35. The van der Waals surface area contributed by atoms with Crippen molar-refractivity contribution in [3.05, 3.63) is 59.8 Å². The van der Waals surface area contributed by atoms with Crippen molar-refractivity contribution >= 4 is 28.4 Å². The van der Waals surface area contributed by atoms with Gasteiger partial charge in [-0.25, -0.2) is 4.98 Å². The van der Waals surface area contributed by atoms with Crippen LogP contribution in [0.15, 0.2) is 48.5 Å². The summed E-state index contributed by atoms with van der Waals surface area (Å²) in [6, 6.07) is 16.0. The summed E-state index contributed by atoms with van der Waals surface area (Å²) in [6.45, 7) is 7.94. The molecule has 0 unspecified atom stereocenters. The van der Waals surface area contributed by atoms with Crippen LogP contribution in [0.1, 0.15) is 16.1 Å². The molecule has 0 aliphatic carbocycles. The van der Waals surface area contributed by atoms with Gasteiger partial charge < -0.3 is 19.4 Å². The molecule has 1 amide bonds. The van der Waals surface area contributed by atoms with Crippen molar-refractivity contribution in [2.75, 3.05) is 62.3 Å². The maximum absolute atomic E-state index is 13.2. The highest BCUT2D eigenvalue weighted by atomic mass is 16.5. The van der Waals surface area contributed by atoms with Gasteiger partial charge in [0.15, 0.2) is 0 Å². The van der Waals surface area contributed by atoms with Gasteiger partial charge in [-0.05, 0) is 23.8 Å². The van der Waals surface area contributed by atoms with Crippen molar-refractivity contribution in [3.63, 3.8) is 0 Å². The fraction of sp³-hybridized carbons (Fsp3) is 0.375. The van der Waals surface area contributed by atoms with Crippen LogP contribution >= 0.6 is 0 Å². The second kappa shape index (κ2) is 8.51. The van der Waals surface area contributed by atoms with Crippen LogP contribution in [0.4, 0.5) is 11.8 Å². The highest BCUT2D eigenvalue weighted by molar-refractivity contribution is 6.07. The molecule has 0 N–H and O–H groups in total. The molecular formula is C24H27N5O2. The molecule has 0 spiro atoms. The highest BCUT2D eigenvalue weighted by Gasteiger charge is 2.25. The van der Waals surface area contributed by atoms with E-state index in [-0.39, 0.29) is 5.91 Å². The number of hydrogen-bond acceptors (Lipinski definition) is 6. The Morgan fingerprint density at radius 1 is 0.871 bits per heavy atom. The first kappa shape index (κ1) is 19.8. The van der Waals surface area contributed by atoms with Crippen molar-refractivity contribution in [3.8, 4) is 0 Å². The third-order valence-corrected chi connectivity index (χ3v) is 6.03. The molecule has 2 aliphatic rings. The maximum atomic E-state index is 13.2. The van der Waals surface area contributed by atoms with Crippen molar-refractivity contribution in [2.45, 2.75) is 6.92 Å². The van der Waals surface area contributed by atoms with E-state index in [2.05, 4.69) is 14.8 Å². The Bertz CT molecular complexity index is 1080. The standard InChI is InChI=1S/C24H27N5O2/c1-18-17-22(27-13-15-31-16-14-27)26-24(25-18)29-11-9-28(10-12-29)23(30)21-8-4-6-19-5-2-3-7-20(19)21/h2-8,17H,9-16H2,1H3. The van der Waals surface area contributed by atoms with Gasteiger partial charge >= 0.3 is 0 Å².